The normalized spacial score (nSPS) is 13.5. The molecule has 2 nitrogen and oxygen atoms in total. The van der Waals surface area contributed by atoms with Gasteiger partial charge in [0.1, 0.15) is 0 Å². The minimum absolute atomic E-state index is 0. The van der Waals surface area contributed by atoms with Crippen LogP contribution in [0.15, 0.2) is 18.6 Å². The van der Waals surface area contributed by atoms with Crippen LogP contribution in [0, 0.1) is 0 Å². The zero-order chi connectivity index (χ0) is 5.40. The molecule has 0 unspecified atom stereocenters. The summed E-state index contributed by atoms with van der Waals surface area (Å²) in [6.07, 6.45) is 7.60. The monoisotopic (exact) mass is 106 g/mol. The van der Waals surface area contributed by atoms with Gasteiger partial charge in [0.2, 0.25) is 0 Å². The van der Waals surface area contributed by atoms with Crippen LogP contribution in [0.2, 0.25) is 0 Å². The van der Waals surface area contributed by atoms with Crippen LogP contribution in [0.1, 0.15) is 6.99 Å². The Kier molecular flexibility index (Phi) is 0.545. The molecule has 1 aliphatic heterocycles. The van der Waals surface area contributed by atoms with E-state index in [1.807, 2.05) is 18.5 Å². The molecule has 0 amide bonds. The Hall–Kier alpha value is -1.18. The van der Waals surface area contributed by atoms with Gasteiger partial charge in [0.15, 0.2) is 0 Å². The third kappa shape index (κ3) is 0.320. The lowest BCUT2D eigenvalue weighted by Gasteiger charge is -1.80. The third-order valence-electron chi connectivity index (χ3n) is 1.22. The largest absolute Gasteiger partial charge is 1.00 e. The summed E-state index contributed by atoms with van der Waals surface area (Å²) in [7, 11) is 0. The summed E-state index contributed by atoms with van der Waals surface area (Å²) in [4.78, 5) is 2.96. The number of H-pyrrole nitrogens is 1. The summed E-state index contributed by atoms with van der Waals surface area (Å²) in [5.41, 5.74) is 2.23. The van der Waals surface area contributed by atoms with Gasteiger partial charge < -0.3 is 4.98 Å². The van der Waals surface area contributed by atoms with Crippen molar-refractivity contribution in [2.75, 3.05) is 0 Å². The van der Waals surface area contributed by atoms with Gasteiger partial charge in [-0.1, -0.05) is 0 Å². The first-order valence-corrected chi connectivity index (χ1v) is 2.51. The van der Waals surface area contributed by atoms with Crippen molar-refractivity contribution in [1.29, 1.82) is 0 Å². The maximum atomic E-state index is 4.05. The van der Waals surface area contributed by atoms with Crippen LogP contribution in [0.4, 0.5) is 5.69 Å². The highest BCUT2D eigenvalue weighted by Gasteiger charge is 2.03. The fourth-order valence-corrected chi connectivity index (χ4v) is 0.811. The first-order chi connectivity index (χ1) is 3.97. The number of hydrogen-bond acceptors (Lipinski definition) is 0. The molecule has 1 radical (unpaired) electrons. The van der Waals surface area contributed by atoms with Crippen molar-refractivity contribution in [2.24, 2.45) is 0 Å². The van der Waals surface area contributed by atoms with Crippen molar-refractivity contribution in [3.05, 3.63) is 24.2 Å². The summed E-state index contributed by atoms with van der Waals surface area (Å²) in [5.74, 6) is 0. The number of nitrogens with zero attached hydrogens (tertiary/aromatic N) is 1. The lowest BCUT2D eigenvalue weighted by Crippen LogP contribution is -1.74. The van der Waals surface area contributed by atoms with Crippen LogP contribution >= 0.6 is 0 Å². The van der Waals surface area contributed by atoms with Gasteiger partial charge in [-0.15, -0.1) is 0 Å². The van der Waals surface area contributed by atoms with E-state index in [1.54, 1.807) is 6.20 Å². The van der Waals surface area contributed by atoms with Crippen molar-refractivity contribution in [2.45, 2.75) is 0 Å². The molecule has 0 aliphatic carbocycles. The van der Waals surface area contributed by atoms with Crippen molar-refractivity contribution in [1.82, 2.24) is 10.3 Å². The molecule has 2 rings (SSSR count). The van der Waals surface area contributed by atoms with Gasteiger partial charge in [-0.05, 0) is 6.08 Å². The van der Waals surface area contributed by atoms with E-state index >= 15 is 0 Å². The Morgan fingerprint density at radius 1 is 1.50 bits per heavy atom. The standard InChI is InChI=1S/C6H5N2/c1-2-8-6-4-7-3-5(1)6/h1-4,7H/p+1. The predicted molar refractivity (Wildman–Crippen MR) is 32.7 cm³/mol. The second-order valence-corrected chi connectivity index (χ2v) is 1.74. The van der Waals surface area contributed by atoms with Gasteiger partial charge in [-0.2, -0.15) is 0 Å². The highest BCUT2D eigenvalue weighted by atomic mass is 14.9. The molecule has 2 heterocycles. The summed E-state index contributed by atoms with van der Waals surface area (Å²) >= 11 is 0. The molecule has 1 aliphatic rings. The molecule has 0 saturated heterocycles. The molecule has 1 N–H and O–H groups in total. The Labute approximate surface area is 48.7 Å². The first kappa shape index (κ1) is 3.78. The van der Waals surface area contributed by atoms with Gasteiger partial charge in [-0.3, -0.25) is 5.32 Å². The molecule has 1 aromatic rings. The number of aromatic nitrogens is 1. The SMILES string of the molecule is C1=Cc2c[nH]cc2[N]1.[H+]. The van der Waals surface area contributed by atoms with Crippen molar-refractivity contribution in [3.63, 3.8) is 0 Å². The van der Waals surface area contributed by atoms with E-state index in [2.05, 4.69) is 10.3 Å². The minimum Gasteiger partial charge on any atom is -0.365 e. The summed E-state index contributed by atoms with van der Waals surface area (Å²) in [5, 5.41) is 4.05. The zero-order valence-electron chi connectivity index (χ0n) is 5.26. The second kappa shape index (κ2) is 1.15. The Balaban J connectivity index is 0.000000405. The molecular weight excluding hydrogens is 100 g/mol. The molecule has 0 aromatic carbocycles. The molecule has 0 bridgehead atoms. The van der Waals surface area contributed by atoms with Gasteiger partial charge in [0, 0.05) is 24.2 Å². The second-order valence-electron chi connectivity index (χ2n) is 1.74. The number of nitrogens with one attached hydrogen (secondary N) is 1. The van der Waals surface area contributed by atoms with Crippen molar-refractivity contribution in [3.8, 4) is 0 Å². The van der Waals surface area contributed by atoms with Crippen LogP contribution < -0.4 is 5.32 Å². The van der Waals surface area contributed by atoms with Gasteiger partial charge >= 0.3 is 1.43 Å². The highest BCUT2D eigenvalue weighted by molar-refractivity contribution is 5.67. The number of hydrogen-bond donors (Lipinski definition) is 1. The van der Waals surface area contributed by atoms with E-state index in [9.17, 15) is 0 Å². The summed E-state index contributed by atoms with van der Waals surface area (Å²) in [6, 6.07) is 0. The molecule has 2 heteroatoms. The molecule has 0 spiro atoms. The minimum atomic E-state index is 0. The van der Waals surface area contributed by atoms with Gasteiger partial charge in [0.05, 0.1) is 5.69 Å². The molecule has 0 saturated carbocycles. The Morgan fingerprint density at radius 3 is 3.38 bits per heavy atom. The van der Waals surface area contributed by atoms with Crippen LogP contribution in [-0.4, -0.2) is 4.98 Å². The smallest absolute Gasteiger partial charge is 0.365 e. The third-order valence-corrected chi connectivity index (χ3v) is 1.22. The van der Waals surface area contributed by atoms with Crippen molar-refractivity contribution < 1.29 is 1.43 Å². The Morgan fingerprint density at radius 2 is 2.50 bits per heavy atom. The lowest BCUT2D eigenvalue weighted by molar-refractivity contribution is 1.21. The van der Waals surface area contributed by atoms with E-state index in [0.717, 1.165) is 5.69 Å². The van der Waals surface area contributed by atoms with Crippen LogP contribution in [0.5, 0.6) is 0 Å². The van der Waals surface area contributed by atoms with Crippen LogP contribution in [-0.2, 0) is 0 Å². The molecule has 8 heavy (non-hydrogen) atoms. The van der Waals surface area contributed by atoms with Gasteiger partial charge in [0.25, 0.3) is 0 Å². The summed E-state index contributed by atoms with van der Waals surface area (Å²) in [6.45, 7) is 0. The number of aromatic amines is 1. The number of fused-ring (bicyclic) bond motifs is 1. The summed E-state index contributed by atoms with van der Waals surface area (Å²) < 4.78 is 0. The van der Waals surface area contributed by atoms with Crippen molar-refractivity contribution >= 4 is 11.8 Å². The fourth-order valence-electron chi connectivity index (χ4n) is 0.811. The molecule has 1 aromatic heterocycles. The van der Waals surface area contributed by atoms with Crippen LogP contribution in [0.25, 0.3) is 6.08 Å². The van der Waals surface area contributed by atoms with Gasteiger partial charge in [-0.25, -0.2) is 0 Å². The van der Waals surface area contributed by atoms with E-state index in [4.69, 9.17) is 0 Å². The quantitative estimate of drug-likeness (QED) is 0.517. The zero-order valence-corrected chi connectivity index (χ0v) is 4.26. The maximum Gasteiger partial charge on any atom is 1.00 e. The van der Waals surface area contributed by atoms with Crippen LogP contribution in [0.3, 0.4) is 0 Å². The topological polar surface area (TPSA) is 29.9 Å². The molecule has 0 fully saturated rings. The average molecular weight is 106 g/mol. The lowest BCUT2D eigenvalue weighted by atomic mass is 10.3. The maximum absolute atomic E-state index is 4.05. The predicted octanol–water partition coefficient (Wildman–Crippen LogP) is 1.35. The van der Waals surface area contributed by atoms with E-state index in [-0.39, 0.29) is 1.43 Å². The first-order valence-electron chi connectivity index (χ1n) is 2.51. The van der Waals surface area contributed by atoms with E-state index < -0.39 is 0 Å². The number of rotatable bonds is 0. The molecule has 39 valence electrons. The Bertz CT molecular complexity index is 227. The molecule has 0 atom stereocenters. The average Bonchev–Trinajstić information content (AvgIpc) is 2.15. The highest BCUT2D eigenvalue weighted by Crippen LogP contribution is 2.20. The van der Waals surface area contributed by atoms with E-state index in [0.29, 0.717) is 0 Å². The molecular formula is C6H6N2+. The fraction of sp³-hybridized carbons (Fsp3) is 0. The van der Waals surface area contributed by atoms with E-state index in [1.165, 1.54) is 5.56 Å².